The zero-order valence-electron chi connectivity index (χ0n) is 6.67. The Morgan fingerprint density at radius 1 is 1.33 bits per heavy atom. The molecular weight excluding hydrogens is 156 g/mol. The summed E-state index contributed by atoms with van der Waals surface area (Å²) in [6.07, 6.45) is 2.41. The molecule has 0 aromatic rings. The van der Waals surface area contributed by atoms with Crippen LogP contribution in [0.1, 0.15) is 6.42 Å². The lowest BCUT2D eigenvalue weighted by molar-refractivity contribution is -0.125. The van der Waals surface area contributed by atoms with Gasteiger partial charge in [0.05, 0.1) is 19.6 Å². The van der Waals surface area contributed by atoms with Crippen molar-refractivity contribution in [3.05, 3.63) is 11.8 Å². The van der Waals surface area contributed by atoms with Gasteiger partial charge in [-0.25, -0.2) is 0 Å². The maximum Gasteiger partial charge on any atom is 0.239 e. The van der Waals surface area contributed by atoms with E-state index < -0.39 is 0 Å². The fourth-order valence-corrected chi connectivity index (χ4v) is 1.50. The molecule has 12 heavy (non-hydrogen) atoms. The highest BCUT2D eigenvalue weighted by Gasteiger charge is 2.24. The molecule has 1 fully saturated rings. The minimum Gasteiger partial charge on any atom is -0.357 e. The molecule has 0 aromatic carbocycles. The molecule has 2 heterocycles. The van der Waals surface area contributed by atoms with Crippen LogP contribution in [0.25, 0.3) is 0 Å². The third kappa shape index (κ3) is 1.20. The van der Waals surface area contributed by atoms with Crippen LogP contribution in [0, 0.1) is 0 Å². The number of fused-ring (bicyclic) bond motifs is 1. The molecule has 4 heteroatoms. The largest absolute Gasteiger partial charge is 0.357 e. The summed E-state index contributed by atoms with van der Waals surface area (Å²) in [5.41, 5.74) is 1.08. The lowest BCUT2D eigenvalue weighted by atomic mass is 10.1. The molecule has 64 valence electrons. The number of piperazine rings is 1. The van der Waals surface area contributed by atoms with Gasteiger partial charge in [0.1, 0.15) is 0 Å². The standard InChI is InChI=1S/C8H10N2O2/c11-7-2-1-6-3-9-8(12)5-10(6)4-7/h1H,2-5H2,(H,9,12). The predicted molar refractivity (Wildman–Crippen MR) is 42.3 cm³/mol. The third-order valence-corrected chi connectivity index (χ3v) is 2.14. The van der Waals surface area contributed by atoms with Gasteiger partial charge in [0.15, 0.2) is 5.78 Å². The van der Waals surface area contributed by atoms with Gasteiger partial charge in [-0.15, -0.1) is 0 Å². The van der Waals surface area contributed by atoms with Crippen molar-refractivity contribution in [3.8, 4) is 0 Å². The van der Waals surface area contributed by atoms with E-state index in [2.05, 4.69) is 5.32 Å². The number of allylic oxidation sites excluding steroid dienone is 1. The van der Waals surface area contributed by atoms with Crippen molar-refractivity contribution in [1.82, 2.24) is 10.2 Å². The van der Waals surface area contributed by atoms with E-state index in [9.17, 15) is 9.59 Å². The molecule has 4 nitrogen and oxygen atoms in total. The fourth-order valence-electron chi connectivity index (χ4n) is 1.50. The summed E-state index contributed by atoms with van der Waals surface area (Å²) in [6.45, 7) is 1.31. The number of amides is 1. The van der Waals surface area contributed by atoms with Crippen LogP contribution in [-0.2, 0) is 9.59 Å². The van der Waals surface area contributed by atoms with Crippen LogP contribution in [0.2, 0.25) is 0 Å². The van der Waals surface area contributed by atoms with Crippen LogP contribution >= 0.6 is 0 Å². The summed E-state index contributed by atoms with van der Waals surface area (Å²) in [4.78, 5) is 23.8. The molecule has 0 radical (unpaired) electrons. The van der Waals surface area contributed by atoms with E-state index >= 15 is 0 Å². The molecule has 1 N–H and O–H groups in total. The molecule has 2 aliphatic rings. The summed E-state index contributed by atoms with van der Waals surface area (Å²) in [7, 11) is 0. The van der Waals surface area contributed by atoms with Crippen molar-refractivity contribution in [2.75, 3.05) is 19.6 Å². The average Bonchev–Trinajstić information content (AvgIpc) is 2.03. The van der Waals surface area contributed by atoms with Crippen LogP contribution in [-0.4, -0.2) is 36.2 Å². The van der Waals surface area contributed by atoms with E-state index in [-0.39, 0.29) is 11.7 Å². The van der Waals surface area contributed by atoms with E-state index in [0.717, 1.165) is 5.70 Å². The van der Waals surface area contributed by atoms with Crippen LogP contribution in [0.3, 0.4) is 0 Å². The van der Waals surface area contributed by atoms with Crippen molar-refractivity contribution in [2.45, 2.75) is 6.42 Å². The van der Waals surface area contributed by atoms with Crippen molar-refractivity contribution in [1.29, 1.82) is 0 Å². The van der Waals surface area contributed by atoms with Crippen molar-refractivity contribution < 1.29 is 9.59 Å². The van der Waals surface area contributed by atoms with Gasteiger partial charge in [-0.05, 0) is 0 Å². The second-order valence-corrected chi connectivity index (χ2v) is 3.07. The van der Waals surface area contributed by atoms with Crippen molar-refractivity contribution in [2.24, 2.45) is 0 Å². The number of carbonyl (C=O) groups excluding carboxylic acids is 2. The first-order valence-corrected chi connectivity index (χ1v) is 3.98. The Hall–Kier alpha value is -1.32. The number of hydrogen-bond donors (Lipinski definition) is 1. The van der Waals surface area contributed by atoms with Gasteiger partial charge in [-0.2, -0.15) is 0 Å². The summed E-state index contributed by atoms with van der Waals surface area (Å²) < 4.78 is 0. The van der Waals surface area contributed by atoms with Gasteiger partial charge >= 0.3 is 0 Å². The second-order valence-electron chi connectivity index (χ2n) is 3.07. The van der Waals surface area contributed by atoms with Gasteiger partial charge in [-0.3, -0.25) is 9.59 Å². The first-order chi connectivity index (χ1) is 5.75. The molecule has 0 unspecified atom stereocenters. The topological polar surface area (TPSA) is 49.4 Å². The normalized spacial score (nSPS) is 23.0. The Kier molecular flexibility index (Phi) is 1.60. The minimum atomic E-state index is 0.00171. The SMILES string of the molecule is O=C1CC=C2CNC(=O)CN2C1. The quantitative estimate of drug-likeness (QED) is 0.516. The molecule has 2 rings (SSSR count). The van der Waals surface area contributed by atoms with Gasteiger partial charge in [0, 0.05) is 12.1 Å². The average molecular weight is 166 g/mol. The van der Waals surface area contributed by atoms with Crippen LogP contribution in [0.5, 0.6) is 0 Å². The summed E-state index contributed by atoms with van der Waals surface area (Å²) in [6, 6.07) is 0. The molecule has 0 spiro atoms. The van der Waals surface area contributed by atoms with Crippen LogP contribution < -0.4 is 5.32 Å². The Morgan fingerprint density at radius 3 is 3.00 bits per heavy atom. The molecule has 0 bridgehead atoms. The maximum atomic E-state index is 11.0. The number of hydrogen-bond acceptors (Lipinski definition) is 3. The number of ketones is 1. The lowest BCUT2D eigenvalue weighted by Gasteiger charge is -2.33. The predicted octanol–water partition coefficient (Wildman–Crippen LogP) is -0.725. The Bertz CT molecular complexity index is 270. The fraction of sp³-hybridized carbons (Fsp3) is 0.500. The third-order valence-electron chi connectivity index (χ3n) is 2.14. The van der Waals surface area contributed by atoms with E-state index in [1.54, 1.807) is 0 Å². The molecule has 0 aromatic heterocycles. The number of carbonyl (C=O) groups is 2. The van der Waals surface area contributed by atoms with E-state index in [1.165, 1.54) is 0 Å². The highest BCUT2D eigenvalue weighted by molar-refractivity contribution is 5.86. The first-order valence-electron chi connectivity index (χ1n) is 3.98. The zero-order chi connectivity index (χ0) is 8.55. The lowest BCUT2D eigenvalue weighted by Crippen LogP contribution is -2.49. The zero-order valence-corrected chi connectivity index (χ0v) is 6.67. The van der Waals surface area contributed by atoms with E-state index in [0.29, 0.717) is 26.1 Å². The van der Waals surface area contributed by atoms with Crippen molar-refractivity contribution >= 4 is 11.7 Å². The number of nitrogens with zero attached hydrogens (tertiary/aromatic N) is 1. The summed E-state index contributed by atoms with van der Waals surface area (Å²) in [5.74, 6) is 0.190. The van der Waals surface area contributed by atoms with Crippen LogP contribution in [0.4, 0.5) is 0 Å². The molecule has 1 amide bonds. The number of rotatable bonds is 0. The highest BCUT2D eigenvalue weighted by Crippen LogP contribution is 2.13. The Labute approximate surface area is 70.2 Å². The van der Waals surface area contributed by atoms with Crippen LogP contribution in [0.15, 0.2) is 11.8 Å². The first kappa shape index (κ1) is 7.34. The number of nitrogens with one attached hydrogen (secondary N) is 1. The smallest absolute Gasteiger partial charge is 0.239 e. The second kappa shape index (κ2) is 2.62. The Morgan fingerprint density at radius 2 is 2.17 bits per heavy atom. The van der Waals surface area contributed by atoms with Gasteiger partial charge in [-0.1, -0.05) is 6.08 Å². The van der Waals surface area contributed by atoms with Crippen molar-refractivity contribution in [3.63, 3.8) is 0 Å². The minimum absolute atomic E-state index is 0.00171. The molecule has 0 aliphatic carbocycles. The monoisotopic (exact) mass is 166 g/mol. The summed E-state index contributed by atoms with van der Waals surface area (Å²) in [5, 5.41) is 2.74. The van der Waals surface area contributed by atoms with E-state index in [4.69, 9.17) is 0 Å². The van der Waals surface area contributed by atoms with Gasteiger partial charge in [0.2, 0.25) is 5.91 Å². The number of Topliss-reactive ketones (excluding diaryl/α,β-unsaturated/α-hetero) is 1. The molecule has 0 saturated carbocycles. The molecular formula is C8H10N2O2. The summed E-state index contributed by atoms with van der Waals surface area (Å²) >= 11 is 0. The Balaban J connectivity index is 2.17. The van der Waals surface area contributed by atoms with Gasteiger partial charge < -0.3 is 10.2 Å². The molecule has 1 saturated heterocycles. The molecule has 0 atom stereocenters. The van der Waals surface area contributed by atoms with E-state index in [1.807, 2.05) is 11.0 Å². The molecule has 2 aliphatic heterocycles. The van der Waals surface area contributed by atoms with Gasteiger partial charge in [0.25, 0.3) is 0 Å². The maximum absolute atomic E-state index is 11.0. The highest BCUT2D eigenvalue weighted by atomic mass is 16.2.